The van der Waals surface area contributed by atoms with E-state index >= 15 is 0 Å². The van der Waals surface area contributed by atoms with Gasteiger partial charge in [-0.15, -0.1) is 0 Å². The van der Waals surface area contributed by atoms with E-state index in [1.54, 1.807) is 4.31 Å². The van der Waals surface area contributed by atoms with Crippen molar-refractivity contribution in [2.45, 2.75) is 25.4 Å². The number of piperidine rings is 1. The van der Waals surface area contributed by atoms with Gasteiger partial charge in [-0.25, -0.2) is 12.7 Å². The van der Waals surface area contributed by atoms with Crippen molar-refractivity contribution in [3.8, 4) is 0 Å². The molecule has 0 amide bonds. The molecule has 17 heavy (non-hydrogen) atoms. The zero-order valence-electron chi connectivity index (χ0n) is 10.6. The molecule has 2 saturated heterocycles. The van der Waals surface area contributed by atoms with Crippen LogP contribution < -0.4 is 0 Å². The first-order valence-electron chi connectivity index (χ1n) is 6.16. The fraction of sp³-hybridized carbons (Fsp3) is 1.00. The monoisotopic (exact) mass is 262 g/mol. The van der Waals surface area contributed by atoms with Crippen molar-refractivity contribution in [3.05, 3.63) is 0 Å². The zero-order valence-corrected chi connectivity index (χ0v) is 11.4. The Kier molecular flexibility index (Phi) is 3.51. The summed E-state index contributed by atoms with van der Waals surface area (Å²) in [6.07, 6.45) is 3.32. The third-order valence-electron chi connectivity index (χ3n) is 3.60. The number of sulfonamides is 1. The summed E-state index contributed by atoms with van der Waals surface area (Å²) in [6, 6.07) is 0. The van der Waals surface area contributed by atoms with Crippen LogP contribution in [0.1, 0.15) is 19.8 Å². The molecule has 100 valence electrons. The molecule has 0 aromatic rings. The van der Waals surface area contributed by atoms with Crippen molar-refractivity contribution in [1.82, 2.24) is 9.21 Å². The van der Waals surface area contributed by atoms with Gasteiger partial charge in [-0.3, -0.25) is 4.90 Å². The molecule has 2 rings (SSSR count). The Balaban J connectivity index is 1.83. The Morgan fingerprint density at radius 3 is 2.59 bits per heavy atom. The molecule has 0 aromatic heterocycles. The van der Waals surface area contributed by atoms with Crippen molar-refractivity contribution >= 4 is 10.0 Å². The molecule has 1 N–H and O–H groups in total. The van der Waals surface area contributed by atoms with Gasteiger partial charge < -0.3 is 5.11 Å². The van der Waals surface area contributed by atoms with Crippen LogP contribution in [0.25, 0.3) is 0 Å². The highest BCUT2D eigenvalue weighted by Crippen LogP contribution is 2.25. The fourth-order valence-electron chi connectivity index (χ4n) is 2.89. The molecule has 0 saturated carbocycles. The molecule has 0 aromatic carbocycles. The summed E-state index contributed by atoms with van der Waals surface area (Å²) < 4.78 is 24.5. The minimum absolute atomic E-state index is 0.412. The normalized spacial score (nSPS) is 31.1. The van der Waals surface area contributed by atoms with Gasteiger partial charge in [0.2, 0.25) is 10.0 Å². The lowest BCUT2D eigenvalue weighted by molar-refractivity contribution is -0.0901. The second-order valence-electron chi connectivity index (χ2n) is 5.80. The van der Waals surface area contributed by atoms with Gasteiger partial charge in [-0.1, -0.05) is 0 Å². The van der Waals surface area contributed by atoms with Gasteiger partial charge >= 0.3 is 0 Å². The second-order valence-corrected chi connectivity index (χ2v) is 7.78. The Bertz CT molecular complexity index is 372. The van der Waals surface area contributed by atoms with Gasteiger partial charge in [0.15, 0.2) is 0 Å². The van der Waals surface area contributed by atoms with Gasteiger partial charge in [0.05, 0.1) is 11.9 Å². The first-order chi connectivity index (χ1) is 7.76. The van der Waals surface area contributed by atoms with Crippen molar-refractivity contribution in [1.29, 1.82) is 0 Å². The minimum atomic E-state index is -3.04. The average Bonchev–Trinajstić information content (AvgIpc) is 2.14. The van der Waals surface area contributed by atoms with E-state index in [9.17, 15) is 13.5 Å². The Morgan fingerprint density at radius 1 is 1.41 bits per heavy atom. The fourth-order valence-corrected chi connectivity index (χ4v) is 3.83. The van der Waals surface area contributed by atoms with Gasteiger partial charge in [0.1, 0.15) is 0 Å². The maximum absolute atomic E-state index is 11.5. The topological polar surface area (TPSA) is 60.9 Å². The molecule has 5 nitrogen and oxygen atoms in total. The van der Waals surface area contributed by atoms with Crippen LogP contribution >= 0.6 is 0 Å². The van der Waals surface area contributed by atoms with Crippen molar-refractivity contribution < 1.29 is 13.5 Å². The predicted octanol–water partition coefficient (Wildman–Crippen LogP) is -0.275. The molecule has 0 spiro atoms. The van der Waals surface area contributed by atoms with Gasteiger partial charge in [0, 0.05) is 32.7 Å². The lowest BCUT2D eigenvalue weighted by Gasteiger charge is -2.46. The van der Waals surface area contributed by atoms with E-state index in [1.165, 1.54) is 6.26 Å². The van der Waals surface area contributed by atoms with Crippen LogP contribution in [0.3, 0.4) is 0 Å². The van der Waals surface area contributed by atoms with Gasteiger partial charge in [0.25, 0.3) is 0 Å². The molecule has 6 heteroatoms. The van der Waals surface area contributed by atoms with E-state index in [0.717, 1.165) is 19.4 Å². The molecule has 2 aliphatic rings. The molecule has 1 unspecified atom stereocenters. The van der Waals surface area contributed by atoms with E-state index in [4.69, 9.17) is 0 Å². The first kappa shape index (κ1) is 13.3. The van der Waals surface area contributed by atoms with Crippen LogP contribution in [0.4, 0.5) is 0 Å². The number of hydrogen-bond acceptors (Lipinski definition) is 4. The van der Waals surface area contributed by atoms with Crippen molar-refractivity contribution in [2.75, 3.05) is 39.0 Å². The summed E-state index contributed by atoms with van der Waals surface area (Å²) in [4.78, 5) is 2.20. The summed E-state index contributed by atoms with van der Waals surface area (Å²) in [5, 5.41) is 9.65. The number of nitrogens with zero attached hydrogens (tertiary/aromatic N) is 2. The van der Waals surface area contributed by atoms with Crippen molar-refractivity contribution in [3.63, 3.8) is 0 Å². The highest BCUT2D eigenvalue weighted by molar-refractivity contribution is 7.88. The van der Waals surface area contributed by atoms with Crippen LogP contribution in [0.5, 0.6) is 0 Å². The number of rotatable bonds is 3. The number of hydrogen-bond donors (Lipinski definition) is 1. The van der Waals surface area contributed by atoms with E-state index in [1.807, 2.05) is 6.92 Å². The van der Waals surface area contributed by atoms with Crippen LogP contribution in [0.2, 0.25) is 0 Å². The maximum Gasteiger partial charge on any atom is 0.211 e. The van der Waals surface area contributed by atoms with E-state index < -0.39 is 15.6 Å². The number of β-amino-alcohol motifs (C(OH)–C–C–N with tert-alkyl or cyclic N) is 1. The standard InChI is InChI=1S/C11H22N2O3S/c1-11(14)8-12(9-11)6-10-4-3-5-13(7-10)17(2,15)16/h10,14H,3-9H2,1-2H3. The summed E-state index contributed by atoms with van der Waals surface area (Å²) in [5.41, 5.74) is -0.537. The molecule has 0 aliphatic carbocycles. The van der Waals surface area contributed by atoms with Crippen LogP contribution in [-0.4, -0.2) is 67.3 Å². The molecular formula is C11H22N2O3S. The number of aliphatic hydroxyl groups is 1. The Hall–Kier alpha value is -0.170. The summed E-state index contributed by atoms with van der Waals surface area (Å²) in [7, 11) is -3.04. The third kappa shape index (κ3) is 3.40. The van der Waals surface area contributed by atoms with Crippen LogP contribution in [0.15, 0.2) is 0 Å². The smallest absolute Gasteiger partial charge is 0.211 e. The van der Waals surface area contributed by atoms with Crippen LogP contribution in [-0.2, 0) is 10.0 Å². The quantitative estimate of drug-likeness (QED) is 0.760. The zero-order chi connectivity index (χ0) is 12.7. The molecule has 2 heterocycles. The molecule has 2 aliphatic heterocycles. The molecule has 1 atom stereocenters. The first-order valence-corrected chi connectivity index (χ1v) is 8.01. The van der Waals surface area contributed by atoms with E-state index in [2.05, 4.69) is 4.90 Å². The lowest BCUT2D eigenvalue weighted by Crippen LogP contribution is -2.61. The summed E-state index contributed by atoms with van der Waals surface area (Å²) in [5.74, 6) is 0.412. The molecule has 0 bridgehead atoms. The largest absolute Gasteiger partial charge is 0.388 e. The SMILES string of the molecule is CC1(O)CN(CC2CCCN(S(C)(=O)=O)C2)C1. The molecular weight excluding hydrogens is 240 g/mol. The summed E-state index contributed by atoms with van der Waals surface area (Å²) >= 11 is 0. The highest BCUT2D eigenvalue weighted by atomic mass is 32.2. The molecule has 0 radical (unpaired) electrons. The maximum atomic E-state index is 11.5. The predicted molar refractivity (Wildman–Crippen MR) is 66.2 cm³/mol. The Labute approximate surface area is 103 Å². The lowest BCUT2D eigenvalue weighted by atomic mass is 9.92. The average molecular weight is 262 g/mol. The number of likely N-dealkylation sites (tertiary alicyclic amines) is 1. The van der Waals surface area contributed by atoms with E-state index in [0.29, 0.717) is 32.1 Å². The van der Waals surface area contributed by atoms with E-state index in [-0.39, 0.29) is 0 Å². The molecule has 2 fully saturated rings. The minimum Gasteiger partial charge on any atom is -0.388 e. The second kappa shape index (κ2) is 4.50. The van der Waals surface area contributed by atoms with Gasteiger partial charge in [-0.05, 0) is 25.7 Å². The van der Waals surface area contributed by atoms with Gasteiger partial charge in [-0.2, -0.15) is 0 Å². The van der Waals surface area contributed by atoms with Crippen LogP contribution in [0, 0.1) is 5.92 Å². The summed E-state index contributed by atoms with van der Waals surface area (Å²) in [6.45, 7) is 5.46. The highest BCUT2D eigenvalue weighted by Gasteiger charge is 2.38. The Morgan fingerprint density at radius 2 is 2.06 bits per heavy atom. The van der Waals surface area contributed by atoms with Crippen molar-refractivity contribution in [2.24, 2.45) is 5.92 Å². The third-order valence-corrected chi connectivity index (χ3v) is 4.87.